The van der Waals surface area contributed by atoms with Gasteiger partial charge >= 0.3 is 0 Å². The van der Waals surface area contributed by atoms with Crippen LogP contribution in [0, 0.1) is 0 Å². The number of pyridine rings is 1. The molecule has 0 aliphatic carbocycles. The van der Waals surface area contributed by atoms with Crippen LogP contribution in [-0.2, 0) is 4.79 Å². The van der Waals surface area contributed by atoms with Crippen molar-refractivity contribution in [3.63, 3.8) is 0 Å². The molecule has 1 aromatic rings. The molecular weight excluding hydrogens is 244 g/mol. The molecule has 0 radical (unpaired) electrons. The Morgan fingerprint density at radius 1 is 1.37 bits per heavy atom. The van der Waals surface area contributed by atoms with Crippen LogP contribution in [0.25, 0.3) is 0 Å². The maximum absolute atomic E-state index is 11.8. The number of anilines is 1. The summed E-state index contributed by atoms with van der Waals surface area (Å²) < 4.78 is 0. The van der Waals surface area contributed by atoms with Crippen molar-refractivity contribution in [3.05, 3.63) is 23.9 Å². The van der Waals surface area contributed by atoms with Gasteiger partial charge in [-0.15, -0.1) is 0 Å². The zero-order valence-corrected chi connectivity index (χ0v) is 11.3. The van der Waals surface area contributed by atoms with Gasteiger partial charge in [0.25, 0.3) is 5.91 Å². The smallest absolute Gasteiger partial charge is 0.252 e. The quantitative estimate of drug-likeness (QED) is 0.764. The van der Waals surface area contributed by atoms with E-state index >= 15 is 0 Å². The van der Waals surface area contributed by atoms with Crippen molar-refractivity contribution in [1.82, 2.24) is 9.88 Å². The lowest BCUT2D eigenvalue weighted by Crippen LogP contribution is -2.31. The first-order valence-electron chi connectivity index (χ1n) is 6.36. The second-order valence-corrected chi connectivity index (χ2v) is 4.01. The Morgan fingerprint density at radius 2 is 2.05 bits per heavy atom. The summed E-state index contributed by atoms with van der Waals surface area (Å²) in [6.07, 6.45) is 1.93. The van der Waals surface area contributed by atoms with Gasteiger partial charge in [0.15, 0.2) is 0 Å². The Balaban J connectivity index is 2.54. The third-order valence-corrected chi connectivity index (χ3v) is 2.82. The molecular formula is C13H20N4O2. The van der Waals surface area contributed by atoms with Crippen LogP contribution in [0.2, 0.25) is 0 Å². The van der Waals surface area contributed by atoms with Crippen LogP contribution in [0.3, 0.4) is 0 Å². The molecule has 0 aliphatic heterocycles. The molecule has 0 aromatic carbocycles. The summed E-state index contributed by atoms with van der Waals surface area (Å²) >= 11 is 0. The van der Waals surface area contributed by atoms with Crippen molar-refractivity contribution < 1.29 is 9.59 Å². The molecule has 0 bridgehead atoms. The van der Waals surface area contributed by atoms with E-state index in [0.717, 1.165) is 0 Å². The summed E-state index contributed by atoms with van der Waals surface area (Å²) in [4.78, 5) is 28.8. The molecule has 0 fully saturated rings. The standard InChI is InChI=1S/C13H20N4O2/c1-3-17(4-2)11(18)7-9-16-13-10(12(14)19)6-5-8-15-13/h5-6,8H,3-4,7,9H2,1-2H3,(H2,14,19)(H,15,16). The molecule has 6 heteroatoms. The minimum Gasteiger partial charge on any atom is -0.369 e. The molecule has 0 atom stereocenters. The average molecular weight is 264 g/mol. The molecule has 0 unspecified atom stereocenters. The molecule has 1 heterocycles. The van der Waals surface area contributed by atoms with Crippen LogP contribution >= 0.6 is 0 Å². The van der Waals surface area contributed by atoms with E-state index in [9.17, 15) is 9.59 Å². The van der Waals surface area contributed by atoms with Crippen LogP contribution < -0.4 is 11.1 Å². The minimum absolute atomic E-state index is 0.0778. The monoisotopic (exact) mass is 264 g/mol. The minimum atomic E-state index is -0.536. The maximum Gasteiger partial charge on any atom is 0.252 e. The lowest BCUT2D eigenvalue weighted by atomic mass is 10.2. The molecule has 19 heavy (non-hydrogen) atoms. The number of nitrogens with one attached hydrogen (secondary N) is 1. The van der Waals surface area contributed by atoms with Crippen LogP contribution in [0.5, 0.6) is 0 Å². The van der Waals surface area contributed by atoms with Gasteiger partial charge in [-0.3, -0.25) is 9.59 Å². The molecule has 1 rings (SSSR count). The highest BCUT2D eigenvalue weighted by Gasteiger charge is 2.11. The van der Waals surface area contributed by atoms with Gasteiger partial charge in [-0.1, -0.05) is 0 Å². The van der Waals surface area contributed by atoms with E-state index < -0.39 is 5.91 Å². The Bertz CT molecular complexity index is 444. The zero-order valence-electron chi connectivity index (χ0n) is 11.3. The number of rotatable bonds is 7. The van der Waals surface area contributed by atoms with Crippen molar-refractivity contribution in [2.45, 2.75) is 20.3 Å². The fourth-order valence-electron chi connectivity index (χ4n) is 1.77. The highest BCUT2D eigenvalue weighted by atomic mass is 16.2. The predicted octanol–water partition coefficient (Wildman–Crippen LogP) is 0.851. The fourth-order valence-corrected chi connectivity index (χ4v) is 1.77. The Kier molecular flexibility index (Phi) is 5.78. The third kappa shape index (κ3) is 4.24. The number of primary amides is 1. The second kappa shape index (κ2) is 7.35. The van der Waals surface area contributed by atoms with Gasteiger partial charge in [0.05, 0.1) is 5.56 Å². The number of hydrogen-bond donors (Lipinski definition) is 2. The van der Waals surface area contributed by atoms with Gasteiger partial charge in [-0.05, 0) is 26.0 Å². The van der Waals surface area contributed by atoms with Crippen LogP contribution in [0.15, 0.2) is 18.3 Å². The second-order valence-electron chi connectivity index (χ2n) is 4.01. The molecule has 0 saturated carbocycles. The molecule has 1 aromatic heterocycles. The van der Waals surface area contributed by atoms with Gasteiger partial charge in [-0.2, -0.15) is 0 Å². The van der Waals surface area contributed by atoms with Crippen molar-refractivity contribution >= 4 is 17.6 Å². The number of carbonyl (C=O) groups excluding carboxylic acids is 2. The first-order valence-corrected chi connectivity index (χ1v) is 6.36. The molecule has 0 saturated heterocycles. The highest BCUT2D eigenvalue weighted by molar-refractivity contribution is 5.97. The summed E-state index contributed by atoms with van der Waals surface area (Å²) in [7, 11) is 0. The van der Waals surface area contributed by atoms with Crippen molar-refractivity contribution in [3.8, 4) is 0 Å². The van der Waals surface area contributed by atoms with E-state index in [4.69, 9.17) is 5.73 Å². The summed E-state index contributed by atoms with van der Waals surface area (Å²) in [5.41, 5.74) is 5.57. The molecule has 3 N–H and O–H groups in total. The summed E-state index contributed by atoms with van der Waals surface area (Å²) in [5.74, 6) is -0.0397. The molecule has 2 amide bonds. The van der Waals surface area contributed by atoms with Crippen molar-refractivity contribution in [2.24, 2.45) is 5.73 Å². The third-order valence-electron chi connectivity index (χ3n) is 2.82. The van der Waals surface area contributed by atoms with Gasteiger partial charge in [0, 0.05) is 32.3 Å². The van der Waals surface area contributed by atoms with E-state index in [1.54, 1.807) is 23.2 Å². The molecule has 6 nitrogen and oxygen atoms in total. The predicted molar refractivity (Wildman–Crippen MR) is 73.8 cm³/mol. The van der Waals surface area contributed by atoms with Crippen LogP contribution in [0.4, 0.5) is 5.82 Å². The SMILES string of the molecule is CCN(CC)C(=O)CCNc1ncccc1C(N)=O. The normalized spacial score (nSPS) is 10.0. The van der Waals surface area contributed by atoms with E-state index in [0.29, 0.717) is 37.4 Å². The number of nitrogens with zero attached hydrogens (tertiary/aromatic N) is 2. The van der Waals surface area contributed by atoms with Crippen molar-refractivity contribution in [2.75, 3.05) is 25.0 Å². The Hall–Kier alpha value is -2.11. The van der Waals surface area contributed by atoms with E-state index in [2.05, 4.69) is 10.3 Å². The summed E-state index contributed by atoms with van der Waals surface area (Å²) in [5, 5.41) is 2.97. The van der Waals surface area contributed by atoms with Crippen LogP contribution in [0.1, 0.15) is 30.6 Å². The number of carbonyl (C=O) groups is 2. The largest absolute Gasteiger partial charge is 0.369 e. The molecule has 0 spiro atoms. The first-order chi connectivity index (χ1) is 9.10. The van der Waals surface area contributed by atoms with Gasteiger partial charge in [0.2, 0.25) is 5.91 Å². The first kappa shape index (κ1) is 14.9. The van der Waals surface area contributed by atoms with Gasteiger partial charge in [0.1, 0.15) is 5.82 Å². The van der Waals surface area contributed by atoms with Crippen LogP contribution in [-0.4, -0.2) is 41.3 Å². The van der Waals surface area contributed by atoms with E-state index in [1.807, 2.05) is 13.8 Å². The van der Waals surface area contributed by atoms with Gasteiger partial charge < -0.3 is 16.0 Å². The number of nitrogens with two attached hydrogens (primary N) is 1. The van der Waals surface area contributed by atoms with Gasteiger partial charge in [-0.25, -0.2) is 4.98 Å². The van der Waals surface area contributed by atoms with E-state index in [1.165, 1.54) is 0 Å². The number of hydrogen-bond acceptors (Lipinski definition) is 4. The number of aromatic nitrogens is 1. The summed E-state index contributed by atoms with van der Waals surface area (Å²) in [6, 6.07) is 3.25. The van der Waals surface area contributed by atoms with E-state index in [-0.39, 0.29) is 5.91 Å². The zero-order chi connectivity index (χ0) is 14.3. The van der Waals surface area contributed by atoms with Crippen molar-refractivity contribution in [1.29, 1.82) is 0 Å². The lowest BCUT2D eigenvalue weighted by Gasteiger charge is -2.18. The maximum atomic E-state index is 11.8. The fraction of sp³-hybridized carbons (Fsp3) is 0.462. The molecule has 0 aliphatic rings. The lowest BCUT2D eigenvalue weighted by molar-refractivity contribution is -0.130. The number of amides is 2. The highest BCUT2D eigenvalue weighted by Crippen LogP contribution is 2.10. The molecule has 104 valence electrons. The average Bonchev–Trinajstić information content (AvgIpc) is 2.40. The Labute approximate surface area is 113 Å². The summed E-state index contributed by atoms with van der Waals surface area (Å²) in [6.45, 7) is 5.71. The topological polar surface area (TPSA) is 88.3 Å². The Morgan fingerprint density at radius 3 is 2.63 bits per heavy atom.